The Bertz CT molecular complexity index is 1270. The summed E-state index contributed by atoms with van der Waals surface area (Å²) in [6.07, 6.45) is 8.43. The second-order valence-electron chi connectivity index (χ2n) is 10.7. The van der Waals surface area contributed by atoms with Crippen LogP contribution in [0.5, 0.6) is 0 Å². The predicted molar refractivity (Wildman–Crippen MR) is 143 cm³/mol. The SMILES string of the molecule is CC(C)(C)OC(=O)N1CCN(c2ncc(-c3ccc4cnc(C(=O)N5CCCCC5)cc4c3)cn2)CC1. The van der Waals surface area contributed by atoms with Crippen LogP contribution in [0.25, 0.3) is 21.9 Å². The number of benzene rings is 1. The molecule has 194 valence electrons. The van der Waals surface area contributed by atoms with Gasteiger partial charge in [-0.3, -0.25) is 9.78 Å². The molecule has 0 N–H and O–H groups in total. The summed E-state index contributed by atoms with van der Waals surface area (Å²) < 4.78 is 5.48. The van der Waals surface area contributed by atoms with E-state index in [0.717, 1.165) is 47.8 Å². The van der Waals surface area contributed by atoms with Crippen LogP contribution in [-0.4, -0.2) is 81.6 Å². The van der Waals surface area contributed by atoms with E-state index in [0.29, 0.717) is 37.8 Å². The first-order valence-corrected chi connectivity index (χ1v) is 13.0. The van der Waals surface area contributed by atoms with Gasteiger partial charge in [0.2, 0.25) is 5.95 Å². The highest BCUT2D eigenvalue weighted by Gasteiger charge is 2.26. The number of ether oxygens (including phenoxy) is 1. The van der Waals surface area contributed by atoms with Crippen molar-refractivity contribution in [2.75, 3.05) is 44.2 Å². The number of anilines is 1. The molecule has 0 bridgehead atoms. The summed E-state index contributed by atoms with van der Waals surface area (Å²) in [5.41, 5.74) is 1.87. The zero-order valence-corrected chi connectivity index (χ0v) is 21.8. The second-order valence-corrected chi connectivity index (χ2v) is 10.7. The molecule has 0 unspecified atom stereocenters. The topological polar surface area (TPSA) is 91.8 Å². The van der Waals surface area contributed by atoms with Crippen LogP contribution in [0, 0.1) is 0 Å². The quantitative estimate of drug-likeness (QED) is 0.525. The standard InChI is InChI=1S/C28H34N6O3/c1-28(2,3)37-27(36)34-13-11-33(12-14-34)26-30-18-23(19-31-26)20-7-8-21-17-29-24(16-22(21)15-20)25(35)32-9-5-4-6-10-32/h7-8,15-19H,4-6,9-14H2,1-3H3. The van der Waals surface area contributed by atoms with Gasteiger partial charge in [0.05, 0.1) is 0 Å². The average Bonchev–Trinajstić information content (AvgIpc) is 2.92. The molecule has 0 saturated carbocycles. The van der Waals surface area contributed by atoms with E-state index in [4.69, 9.17) is 4.74 Å². The number of fused-ring (bicyclic) bond motifs is 1. The number of amides is 2. The molecule has 2 saturated heterocycles. The highest BCUT2D eigenvalue weighted by molar-refractivity contribution is 5.97. The molecule has 37 heavy (non-hydrogen) atoms. The Kier molecular flexibility index (Phi) is 6.95. The van der Waals surface area contributed by atoms with Crippen LogP contribution >= 0.6 is 0 Å². The summed E-state index contributed by atoms with van der Waals surface area (Å²) in [5.74, 6) is 0.651. The second kappa shape index (κ2) is 10.3. The molecule has 2 aliphatic rings. The summed E-state index contributed by atoms with van der Waals surface area (Å²) in [5, 5.41) is 1.95. The summed E-state index contributed by atoms with van der Waals surface area (Å²) >= 11 is 0. The van der Waals surface area contributed by atoms with Crippen molar-refractivity contribution < 1.29 is 14.3 Å². The molecule has 2 amide bonds. The summed E-state index contributed by atoms with van der Waals surface area (Å²) in [4.78, 5) is 44.6. The first kappa shape index (κ1) is 24.9. The van der Waals surface area contributed by atoms with E-state index in [1.54, 1.807) is 11.1 Å². The van der Waals surface area contributed by atoms with Crippen molar-refractivity contribution >= 4 is 28.7 Å². The van der Waals surface area contributed by atoms with E-state index in [2.05, 4.69) is 25.9 Å². The number of rotatable bonds is 3. The van der Waals surface area contributed by atoms with E-state index in [9.17, 15) is 9.59 Å². The number of carbonyl (C=O) groups excluding carboxylic acids is 2. The van der Waals surface area contributed by atoms with Crippen molar-refractivity contribution in [1.29, 1.82) is 0 Å². The minimum Gasteiger partial charge on any atom is -0.444 e. The number of piperidine rings is 1. The lowest BCUT2D eigenvalue weighted by atomic mass is 10.0. The molecule has 0 radical (unpaired) electrons. The normalized spacial score (nSPS) is 16.7. The molecule has 1 aromatic carbocycles. The number of nitrogens with zero attached hydrogens (tertiary/aromatic N) is 6. The molecular formula is C28H34N6O3. The molecule has 0 spiro atoms. The van der Waals surface area contributed by atoms with Crippen LogP contribution in [0.2, 0.25) is 0 Å². The number of piperazine rings is 1. The van der Waals surface area contributed by atoms with Gasteiger partial charge in [-0.2, -0.15) is 0 Å². The Morgan fingerprint density at radius 1 is 0.757 bits per heavy atom. The maximum atomic E-state index is 12.9. The number of carbonyl (C=O) groups is 2. The highest BCUT2D eigenvalue weighted by atomic mass is 16.6. The summed E-state index contributed by atoms with van der Waals surface area (Å²) in [6, 6.07) is 7.97. The molecule has 9 heteroatoms. The lowest BCUT2D eigenvalue weighted by molar-refractivity contribution is 0.0240. The van der Waals surface area contributed by atoms with E-state index < -0.39 is 5.60 Å². The van der Waals surface area contributed by atoms with Gasteiger partial charge < -0.3 is 19.4 Å². The lowest BCUT2D eigenvalue weighted by Crippen LogP contribution is -2.50. The van der Waals surface area contributed by atoms with Gasteiger partial charge >= 0.3 is 6.09 Å². The molecule has 9 nitrogen and oxygen atoms in total. The summed E-state index contributed by atoms with van der Waals surface area (Å²) in [7, 11) is 0. The first-order chi connectivity index (χ1) is 17.8. The van der Waals surface area contributed by atoms with Gasteiger partial charge in [0.15, 0.2) is 0 Å². The molecule has 5 rings (SSSR count). The van der Waals surface area contributed by atoms with Crippen molar-refractivity contribution in [3.05, 3.63) is 48.5 Å². The maximum Gasteiger partial charge on any atom is 0.410 e. The van der Waals surface area contributed by atoms with Crippen molar-refractivity contribution in [2.24, 2.45) is 0 Å². The van der Waals surface area contributed by atoms with E-state index >= 15 is 0 Å². The van der Waals surface area contributed by atoms with Crippen LogP contribution < -0.4 is 4.90 Å². The number of hydrogen-bond acceptors (Lipinski definition) is 7. The fourth-order valence-electron chi connectivity index (χ4n) is 4.75. The van der Waals surface area contributed by atoms with Gasteiger partial charge in [-0.25, -0.2) is 14.8 Å². The average molecular weight is 503 g/mol. The largest absolute Gasteiger partial charge is 0.444 e. The van der Waals surface area contributed by atoms with Gasteiger partial charge in [0.1, 0.15) is 11.3 Å². The maximum absolute atomic E-state index is 12.9. The van der Waals surface area contributed by atoms with Crippen LogP contribution in [0.1, 0.15) is 50.5 Å². The van der Waals surface area contributed by atoms with E-state index in [1.807, 2.05) is 56.3 Å². The predicted octanol–water partition coefficient (Wildman–Crippen LogP) is 4.38. The Morgan fingerprint density at radius 2 is 1.46 bits per heavy atom. The summed E-state index contributed by atoms with van der Waals surface area (Å²) in [6.45, 7) is 9.65. The van der Waals surface area contributed by atoms with Gasteiger partial charge in [-0.05, 0) is 63.1 Å². The minimum atomic E-state index is -0.503. The third-order valence-corrected chi connectivity index (χ3v) is 6.77. The van der Waals surface area contributed by atoms with E-state index in [1.165, 1.54) is 6.42 Å². The first-order valence-electron chi connectivity index (χ1n) is 13.0. The Morgan fingerprint density at radius 3 is 2.14 bits per heavy atom. The fourth-order valence-corrected chi connectivity index (χ4v) is 4.75. The fraction of sp³-hybridized carbons (Fsp3) is 0.464. The molecule has 2 fully saturated rings. The third-order valence-electron chi connectivity index (χ3n) is 6.77. The van der Waals surface area contributed by atoms with E-state index in [-0.39, 0.29) is 12.0 Å². The van der Waals surface area contributed by atoms with Gasteiger partial charge in [0.25, 0.3) is 5.91 Å². The van der Waals surface area contributed by atoms with Crippen LogP contribution in [-0.2, 0) is 4.74 Å². The Labute approximate surface area is 217 Å². The Hall–Kier alpha value is -3.75. The smallest absolute Gasteiger partial charge is 0.410 e. The molecular weight excluding hydrogens is 468 g/mol. The van der Waals surface area contributed by atoms with Crippen LogP contribution in [0.15, 0.2) is 42.9 Å². The van der Waals surface area contributed by atoms with Gasteiger partial charge in [-0.15, -0.1) is 0 Å². The molecule has 0 aliphatic carbocycles. The minimum absolute atomic E-state index is 0.00598. The molecule has 0 atom stereocenters. The van der Waals surface area contributed by atoms with Gasteiger partial charge in [0, 0.05) is 68.8 Å². The third kappa shape index (κ3) is 5.81. The van der Waals surface area contributed by atoms with Crippen molar-refractivity contribution in [3.8, 4) is 11.1 Å². The van der Waals surface area contributed by atoms with Gasteiger partial charge in [-0.1, -0.05) is 12.1 Å². The van der Waals surface area contributed by atoms with Crippen molar-refractivity contribution in [2.45, 2.75) is 45.6 Å². The number of likely N-dealkylation sites (tertiary alicyclic amines) is 1. The van der Waals surface area contributed by atoms with Crippen LogP contribution in [0.4, 0.5) is 10.7 Å². The molecule has 2 aromatic heterocycles. The Balaban J connectivity index is 1.26. The number of hydrogen-bond donors (Lipinski definition) is 0. The highest BCUT2D eigenvalue weighted by Crippen LogP contribution is 2.25. The lowest BCUT2D eigenvalue weighted by Gasteiger charge is -2.35. The zero-order chi connectivity index (χ0) is 26.0. The molecule has 2 aliphatic heterocycles. The zero-order valence-electron chi connectivity index (χ0n) is 21.8. The molecule has 3 aromatic rings. The molecule has 4 heterocycles. The van der Waals surface area contributed by atoms with Crippen molar-refractivity contribution in [1.82, 2.24) is 24.8 Å². The van der Waals surface area contributed by atoms with Crippen molar-refractivity contribution in [3.63, 3.8) is 0 Å². The number of aromatic nitrogens is 3. The number of pyridine rings is 1. The monoisotopic (exact) mass is 502 g/mol. The van der Waals surface area contributed by atoms with Crippen LogP contribution in [0.3, 0.4) is 0 Å².